The van der Waals surface area contributed by atoms with Gasteiger partial charge in [-0.2, -0.15) is 0 Å². The summed E-state index contributed by atoms with van der Waals surface area (Å²) in [6, 6.07) is 17.2. The van der Waals surface area contributed by atoms with Crippen LogP contribution in [0.4, 0.5) is 9.18 Å². The Balaban J connectivity index is 1.53. The summed E-state index contributed by atoms with van der Waals surface area (Å²) in [7, 11) is 1.49. The van der Waals surface area contributed by atoms with Gasteiger partial charge in [0.15, 0.2) is 11.5 Å². The first-order valence-electron chi connectivity index (χ1n) is 10.4. The summed E-state index contributed by atoms with van der Waals surface area (Å²) in [5.41, 5.74) is 2.85. The summed E-state index contributed by atoms with van der Waals surface area (Å²) in [5.74, 6) is -0.0246. The van der Waals surface area contributed by atoms with Crippen molar-refractivity contribution in [3.63, 3.8) is 0 Å². The Hall–Kier alpha value is -3.29. The van der Waals surface area contributed by atoms with Crippen molar-refractivity contribution in [3.05, 3.63) is 98.7 Å². The van der Waals surface area contributed by atoms with E-state index in [0.717, 1.165) is 22.9 Å². The van der Waals surface area contributed by atoms with Crippen LogP contribution in [-0.2, 0) is 17.9 Å². The summed E-state index contributed by atoms with van der Waals surface area (Å²) in [6.07, 6.45) is 1.63. The number of halogens is 2. The number of carbonyl (C=O) groups is 2. The molecule has 0 radical (unpaired) electrons. The number of benzene rings is 3. The molecule has 0 N–H and O–H groups in total. The summed E-state index contributed by atoms with van der Waals surface area (Å²) in [6.45, 7) is 2.09. The van der Waals surface area contributed by atoms with Gasteiger partial charge in [0, 0.05) is 5.56 Å². The van der Waals surface area contributed by atoms with Crippen LogP contribution in [0, 0.1) is 12.7 Å². The summed E-state index contributed by atoms with van der Waals surface area (Å²) < 4.78 is 25.2. The van der Waals surface area contributed by atoms with Gasteiger partial charge in [0.25, 0.3) is 11.1 Å². The van der Waals surface area contributed by atoms with E-state index in [4.69, 9.17) is 21.1 Å². The summed E-state index contributed by atoms with van der Waals surface area (Å²) >= 11 is 6.97. The van der Waals surface area contributed by atoms with Crippen LogP contribution in [-0.4, -0.2) is 23.2 Å². The van der Waals surface area contributed by atoms with Crippen molar-refractivity contribution in [1.82, 2.24) is 4.90 Å². The molecule has 2 amide bonds. The van der Waals surface area contributed by atoms with E-state index in [0.29, 0.717) is 22.0 Å². The monoisotopic (exact) mass is 497 g/mol. The van der Waals surface area contributed by atoms with Crippen molar-refractivity contribution in [3.8, 4) is 11.5 Å². The van der Waals surface area contributed by atoms with Gasteiger partial charge in [-0.05, 0) is 60.2 Å². The molecular weight excluding hydrogens is 477 g/mol. The lowest BCUT2D eigenvalue weighted by atomic mass is 10.1. The van der Waals surface area contributed by atoms with Gasteiger partial charge >= 0.3 is 0 Å². The van der Waals surface area contributed by atoms with Gasteiger partial charge < -0.3 is 9.47 Å². The molecule has 3 aromatic rings. The van der Waals surface area contributed by atoms with Crippen molar-refractivity contribution in [2.45, 2.75) is 20.1 Å². The lowest BCUT2D eigenvalue weighted by Crippen LogP contribution is -2.27. The second-order valence-corrected chi connectivity index (χ2v) is 9.05. The number of ether oxygens (including phenoxy) is 2. The Morgan fingerprint density at radius 3 is 2.53 bits per heavy atom. The minimum Gasteiger partial charge on any atom is -0.493 e. The number of thioether (sulfide) groups is 1. The first-order valence-corrected chi connectivity index (χ1v) is 11.6. The minimum absolute atomic E-state index is 0.0988. The molecule has 174 valence electrons. The molecule has 4 rings (SSSR count). The normalized spacial score (nSPS) is 14.7. The van der Waals surface area contributed by atoms with Crippen molar-refractivity contribution in [2.75, 3.05) is 7.11 Å². The number of amides is 2. The number of nitrogens with zero attached hydrogens (tertiary/aromatic N) is 1. The zero-order chi connectivity index (χ0) is 24.2. The molecule has 1 fully saturated rings. The van der Waals surface area contributed by atoms with E-state index >= 15 is 0 Å². The Morgan fingerprint density at radius 1 is 1.06 bits per heavy atom. The van der Waals surface area contributed by atoms with Gasteiger partial charge in [-0.25, -0.2) is 4.39 Å². The van der Waals surface area contributed by atoms with Gasteiger partial charge in [0.05, 0.1) is 23.6 Å². The van der Waals surface area contributed by atoms with Crippen molar-refractivity contribution in [2.24, 2.45) is 0 Å². The van der Waals surface area contributed by atoms with E-state index in [-0.39, 0.29) is 34.9 Å². The Kier molecular flexibility index (Phi) is 7.24. The SMILES string of the molecule is COc1ccc(/C=C2\SC(=O)N(Cc3ccc(C)cc3)C2=O)cc1OCc1c(F)cccc1Cl. The molecule has 5 nitrogen and oxygen atoms in total. The quantitative estimate of drug-likeness (QED) is 0.344. The smallest absolute Gasteiger partial charge is 0.293 e. The van der Waals surface area contributed by atoms with Gasteiger partial charge in [0.1, 0.15) is 12.4 Å². The van der Waals surface area contributed by atoms with E-state index in [1.807, 2.05) is 31.2 Å². The Labute approximate surface area is 206 Å². The Morgan fingerprint density at radius 2 is 1.82 bits per heavy atom. The molecule has 0 atom stereocenters. The highest BCUT2D eigenvalue weighted by Crippen LogP contribution is 2.36. The fourth-order valence-corrected chi connectivity index (χ4v) is 4.44. The average Bonchev–Trinajstić information content (AvgIpc) is 3.07. The first kappa shape index (κ1) is 23.9. The predicted molar refractivity (Wildman–Crippen MR) is 131 cm³/mol. The molecule has 1 heterocycles. The highest BCUT2D eigenvalue weighted by molar-refractivity contribution is 8.18. The van der Waals surface area contributed by atoms with Crippen LogP contribution in [0.1, 0.15) is 22.3 Å². The predicted octanol–water partition coefficient (Wildman–Crippen LogP) is 6.61. The molecule has 0 aliphatic carbocycles. The molecule has 0 spiro atoms. The lowest BCUT2D eigenvalue weighted by molar-refractivity contribution is -0.123. The number of hydrogen-bond donors (Lipinski definition) is 0. The van der Waals surface area contributed by atoms with Crippen molar-refractivity contribution in [1.29, 1.82) is 0 Å². The van der Waals surface area contributed by atoms with Crippen LogP contribution in [0.2, 0.25) is 5.02 Å². The van der Waals surface area contributed by atoms with Gasteiger partial charge in [-0.15, -0.1) is 0 Å². The third-order valence-corrected chi connectivity index (χ3v) is 6.52. The number of aryl methyl sites for hydroxylation is 1. The second-order valence-electron chi connectivity index (χ2n) is 7.65. The fraction of sp³-hybridized carbons (Fsp3) is 0.154. The molecule has 0 saturated carbocycles. The maximum Gasteiger partial charge on any atom is 0.293 e. The average molecular weight is 498 g/mol. The lowest BCUT2D eigenvalue weighted by Gasteiger charge is -2.13. The molecule has 1 aliphatic rings. The molecule has 34 heavy (non-hydrogen) atoms. The zero-order valence-electron chi connectivity index (χ0n) is 18.5. The molecular formula is C26H21ClFNO4S. The topological polar surface area (TPSA) is 55.8 Å². The third kappa shape index (κ3) is 5.26. The van der Waals surface area contributed by atoms with E-state index in [1.54, 1.807) is 30.3 Å². The number of imide groups is 1. The number of carbonyl (C=O) groups excluding carboxylic acids is 2. The van der Waals surface area contributed by atoms with Gasteiger partial charge in [-0.1, -0.05) is 53.6 Å². The maximum absolute atomic E-state index is 14.1. The van der Waals surface area contributed by atoms with E-state index in [9.17, 15) is 14.0 Å². The van der Waals surface area contributed by atoms with Gasteiger partial charge in [-0.3, -0.25) is 14.5 Å². The molecule has 0 aromatic heterocycles. The van der Waals surface area contributed by atoms with E-state index in [2.05, 4.69) is 0 Å². The second kappa shape index (κ2) is 10.3. The molecule has 1 saturated heterocycles. The van der Waals surface area contributed by atoms with E-state index < -0.39 is 5.82 Å². The third-order valence-electron chi connectivity index (χ3n) is 5.25. The highest BCUT2D eigenvalue weighted by atomic mass is 35.5. The van der Waals surface area contributed by atoms with Crippen LogP contribution >= 0.6 is 23.4 Å². The van der Waals surface area contributed by atoms with Crippen LogP contribution in [0.3, 0.4) is 0 Å². The van der Waals surface area contributed by atoms with Crippen molar-refractivity contribution >= 4 is 40.6 Å². The van der Waals surface area contributed by atoms with Crippen LogP contribution in [0.25, 0.3) is 6.08 Å². The summed E-state index contributed by atoms with van der Waals surface area (Å²) in [5, 5.41) is -0.0617. The van der Waals surface area contributed by atoms with Crippen molar-refractivity contribution < 1.29 is 23.5 Å². The van der Waals surface area contributed by atoms with Gasteiger partial charge in [0.2, 0.25) is 0 Å². The first-order chi connectivity index (χ1) is 16.4. The van der Waals surface area contributed by atoms with Crippen LogP contribution in [0.15, 0.2) is 65.6 Å². The van der Waals surface area contributed by atoms with E-state index in [1.165, 1.54) is 24.1 Å². The molecule has 1 aliphatic heterocycles. The summed E-state index contributed by atoms with van der Waals surface area (Å²) in [4.78, 5) is 26.9. The number of hydrogen-bond acceptors (Lipinski definition) is 5. The molecule has 0 unspecified atom stereocenters. The Bertz CT molecular complexity index is 1260. The minimum atomic E-state index is -0.468. The largest absolute Gasteiger partial charge is 0.493 e. The fourth-order valence-electron chi connectivity index (χ4n) is 3.38. The molecule has 0 bridgehead atoms. The highest BCUT2D eigenvalue weighted by Gasteiger charge is 2.35. The number of rotatable bonds is 7. The maximum atomic E-state index is 14.1. The number of methoxy groups -OCH3 is 1. The van der Waals surface area contributed by atoms with Crippen LogP contribution < -0.4 is 9.47 Å². The molecule has 3 aromatic carbocycles. The zero-order valence-corrected chi connectivity index (χ0v) is 20.1. The molecule has 8 heteroatoms. The standard InChI is InChI=1S/C26H21ClFNO4S/c1-16-6-8-17(9-7-16)14-29-25(30)24(34-26(29)31)13-18-10-11-22(32-2)23(12-18)33-15-19-20(27)4-3-5-21(19)28/h3-13H,14-15H2,1-2H3/b24-13-. The van der Waals surface area contributed by atoms with Crippen LogP contribution in [0.5, 0.6) is 11.5 Å².